The SMILES string of the molecule is Cn1c(=O)n(C)c2cc(NC(=O)C(=O)NC[C@@H]3CCCN4CCCC[C@@H]34)ccc21. The third kappa shape index (κ3) is 3.81. The van der Waals surface area contributed by atoms with E-state index in [1.165, 1.54) is 23.8 Å². The highest BCUT2D eigenvalue weighted by molar-refractivity contribution is 6.39. The molecule has 156 valence electrons. The number of nitrogens with zero attached hydrogens (tertiary/aromatic N) is 3. The average Bonchev–Trinajstić information content (AvgIpc) is 2.95. The zero-order valence-electron chi connectivity index (χ0n) is 17.1. The molecule has 0 spiro atoms. The monoisotopic (exact) mass is 399 g/mol. The summed E-state index contributed by atoms with van der Waals surface area (Å²) in [4.78, 5) is 39.3. The summed E-state index contributed by atoms with van der Waals surface area (Å²) in [5.41, 5.74) is 1.84. The lowest BCUT2D eigenvalue weighted by molar-refractivity contribution is -0.136. The maximum Gasteiger partial charge on any atom is 0.328 e. The number of fused-ring (bicyclic) bond motifs is 2. The molecule has 2 aromatic rings. The summed E-state index contributed by atoms with van der Waals surface area (Å²) >= 11 is 0. The molecule has 2 saturated heterocycles. The smallest absolute Gasteiger partial charge is 0.328 e. The molecule has 2 N–H and O–H groups in total. The van der Waals surface area contributed by atoms with Gasteiger partial charge in [0.2, 0.25) is 0 Å². The van der Waals surface area contributed by atoms with Crippen LogP contribution in [0.25, 0.3) is 11.0 Å². The summed E-state index contributed by atoms with van der Waals surface area (Å²) in [5.74, 6) is -0.877. The number of aryl methyl sites for hydroxylation is 2. The predicted molar refractivity (Wildman–Crippen MR) is 112 cm³/mol. The van der Waals surface area contributed by atoms with E-state index in [1.54, 1.807) is 36.9 Å². The van der Waals surface area contributed by atoms with Gasteiger partial charge >= 0.3 is 17.5 Å². The van der Waals surface area contributed by atoms with Crippen LogP contribution in [0.3, 0.4) is 0 Å². The van der Waals surface area contributed by atoms with Crippen LogP contribution in [0.5, 0.6) is 0 Å². The Kier molecular flexibility index (Phi) is 5.45. The topological polar surface area (TPSA) is 88.4 Å². The van der Waals surface area contributed by atoms with Gasteiger partial charge in [-0.2, -0.15) is 0 Å². The Balaban J connectivity index is 1.37. The second kappa shape index (κ2) is 8.02. The molecule has 3 heterocycles. The summed E-state index contributed by atoms with van der Waals surface area (Å²) < 4.78 is 3.07. The Morgan fingerprint density at radius 2 is 1.76 bits per heavy atom. The van der Waals surface area contributed by atoms with E-state index in [-0.39, 0.29) is 5.69 Å². The van der Waals surface area contributed by atoms with E-state index >= 15 is 0 Å². The second-order valence-corrected chi connectivity index (χ2v) is 8.27. The molecule has 2 aliphatic rings. The first-order valence-electron chi connectivity index (χ1n) is 10.4. The Morgan fingerprint density at radius 1 is 1.00 bits per heavy atom. The highest BCUT2D eigenvalue weighted by Crippen LogP contribution is 2.30. The van der Waals surface area contributed by atoms with Gasteiger partial charge in [0.05, 0.1) is 11.0 Å². The van der Waals surface area contributed by atoms with E-state index in [2.05, 4.69) is 15.5 Å². The van der Waals surface area contributed by atoms with Crippen molar-refractivity contribution in [2.45, 2.75) is 38.1 Å². The molecule has 0 bridgehead atoms. The minimum absolute atomic E-state index is 0.134. The van der Waals surface area contributed by atoms with Crippen molar-refractivity contribution in [2.24, 2.45) is 20.0 Å². The number of benzene rings is 1. The Hall–Kier alpha value is -2.61. The summed E-state index contributed by atoms with van der Waals surface area (Å²) in [6.07, 6.45) is 5.94. The molecule has 2 atom stereocenters. The van der Waals surface area contributed by atoms with Gasteiger partial charge in [-0.3, -0.25) is 18.7 Å². The number of amides is 2. The van der Waals surface area contributed by atoms with Crippen molar-refractivity contribution >= 4 is 28.5 Å². The quantitative estimate of drug-likeness (QED) is 0.759. The average molecular weight is 399 g/mol. The third-order valence-corrected chi connectivity index (χ3v) is 6.49. The fraction of sp³-hybridized carbons (Fsp3) is 0.571. The Labute approximate surface area is 169 Å². The normalized spacial score (nSPS) is 22.3. The molecule has 2 fully saturated rings. The Bertz CT molecular complexity index is 990. The highest BCUT2D eigenvalue weighted by Gasteiger charge is 2.33. The van der Waals surface area contributed by atoms with Crippen molar-refractivity contribution in [2.75, 3.05) is 25.0 Å². The summed E-state index contributed by atoms with van der Waals surface area (Å²) in [7, 11) is 3.39. The maximum absolute atomic E-state index is 12.4. The van der Waals surface area contributed by atoms with Gasteiger partial charge in [0.15, 0.2) is 0 Å². The lowest BCUT2D eigenvalue weighted by Crippen LogP contribution is -2.51. The van der Waals surface area contributed by atoms with E-state index < -0.39 is 11.8 Å². The third-order valence-electron chi connectivity index (χ3n) is 6.49. The summed E-state index contributed by atoms with van der Waals surface area (Å²) in [6.45, 7) is 2.85. The van der Waals surface area contributed by atoms with Gasteiger partial charge in [-0.25, -0.2) is 4.79 Å². The number of imidazole rings is 1. The van der Waals surface area contributed by atoms with Crippen LogP contribution in [-0.2, 0) is 23.7 Å². The standard InChI is InChI=1S/C21H29N5O3/c1-24-17-9-8-15(12-18(17)25(2)21(24)29)23-20(28)19(27)22-13-14-6-5-11-26-10-4-3-7-16(14)26/h8-9,12,14,16H,3-7,10-11,13H2,1-2H3,(H,22,27)(H,23,28)/t14-,16-/m0/s1. The largest absolute Gasteiger partial charge is 0.347 e. The molecule has 29 heavy (non-hydrogen) atoms. The molecule has 0 saturated carbocycles. The van der Waals surface area contributed by atoms with Crippen LogP contribution in [0, 0.1) is 5.92 Å². The summed E-state index contributed by atoms with van der Waals surface area (Å²) in [5, 5.41) is 5.48. The number of rotatable bonds is 3. The van der Waals surface area contributed by atoms with Crippen LogP contribution in [0.15, 0.2) is 23.0 Å². The van der Waals surface area contributed by atoms with E-state index in [1.807, 2.05) is 0 Å². The van der Waals surface area contributed by atoms with Gasteiger partial charge in [0, 0.05) is 32.4 Å². The second-order valence-electron chi connectivity index (χ2n) is 8.27. The van der Waals surface area contributed by atoms with Crippen LogP contribution < -0.4 is 16.3 Å². The molecule has 1 aromatic heterocycles. The van der Waals surface area contributed by atoms with Crippen molar-refractivity contribution in [1.82, 2.24) is 19.4 Å². The number of nitrogens with one attached hydrogen (secondary N) is 2. The highest BCUT2D eigenvalue weighted by atomic mass is 16.2. The lowest BCUT2D eigenvalue weighted by Gasteiger charge is -2.44. The molecule has 2 aliphatic heterocycles. The maximum atomic E-state index is 12.4. The molecule has 8 nitrogen and oxygen atoms in total. The van der Waals surface area contributed by atoms with Crippen LogP contribution in [0.2, 0.25) is 0 Å². The number of carbonyl (C=O) groups is 2. The van der Waals surface area contributed by atoms with E-state index in [0.717, 1.165) is 31.4 Å². The first-order valence-corrected chi connectivity index (χ1v) is 10.4. The zero-order valence-corrected chi connectivity index (χ0v) is 17.1. The van der Waals surface area contributed by atoms with E-state index in [4.69, 9.17) is 0 Å². The molecule has 2 amide bonds. The van der Waals surface area contributed by atoms with Crippen molar-refractivity contribution < 1.29 is 9.59 Å². The number of hydrogen-bond acceptors (Lipinski definition) is 4. The molecule has 0 unspecified atom stereocenters. The molecule has 8 heteroatoms. The number of carbonyl (C=O) groups excluding carboxylic acids is 2. The van der Waals surface area contributed by atoms with Gasteiger partial charge in [-0.1, -0.05) is 6.42 Å². The molecule has 1 aromatic carbocycles. The molecule has 0 radical (unpaired) electrons. The van der Waals surface area contributed by atoms with Gasteiger partial charge in [-0.05, 0) is 62.9 Å². The van der Waals surface area contributed by atoms with Crippen molar-refractivity contribution in [3.8, 4) is 0 Å². The number of piperidine rings is 2. The minimum atomic E-state index is -0.679. The number of hydrogen-bond donors (Lipinski definition) is 2. The molecule has 4 rings (SSSR count). The minimum Gasteiger partial charge on any atom is -0.347 e. The van der Waals surface area contributed by atoms with Crippen LogP contribution in [-0.4, -0.2) is 51.5 Å². The van der Waals surface area contributed by atoms with Gasteiger partial charge in [-0.15, -0.1) is 0 Å². The zero-order chi connectivity index (χ0) is 20.5. The molecular formula is C21H29N5O3. The van der Waals surface area contributed by atoms with Gasteiger partial charge < -0.3 is 15.5 Å². The predicted octanol–water partition coefficient (Wildman–Crippen LogP) is 1.20. The molecule has 0 aliphatic carbocycles. The van der Waals surface area contributed by atoms with Crippen molar-refractivity contribution in [3.05, 3.63) is 28.7 Å². The van der Waals surface area contributed by atoms with Crippen molar-refractivity contribution in [1.29, 1.82) is 0 Å². The first kappa shape index (κ1) is 19.7. The lowest BCUT2D eigenvalue weighted by atomic mass is 9.83. The Morgan fingerprint density at radius 3 is 2.59 bits per heavy atom. The number of anilines is 1. The molecular weight excluding hydrogens is 370 g/mol. The first-order chi connectivity index (χ1) is 14.0. The fourth-order valence-corrected chi connectivity index (χ4v) is 4.89. The summed E-state index contributed by atoms with van der Waals surface area (Å²) in [6, 6.07) is 5.71. The fourth-order valence-electron chi connectivity index (χ4n) is 4.89. The van der Waals surface area contributed by atoms with Crippen LogP contribution >= 0.6 is 0 Å². The van der Waals surface area contributed by atoms with E-state index in [9.17, 15) is 14.4 Å². The van der Waals surface area contributed by atoms with E-state index in [0.29, 0.717) is 29.7 Å². The van der Waals surface area contributed by atoms with Gasteiger partial charge in [0.1, 0.15) is 0 Å². The number of aromatic nitrogens is 2. The van der Waals surface area contributed by atoms with Crippen LogP contribution in [0.1, 0.15) is 32.1 Å². The van der Waals surface area contributed by atoms with Crippen LogP contribution in [0.4, 0.5) is 5.69 Å². The van der Waals surface area contributed by atoms with Gasteiger partial charge in [0.25, 0.3) is 0 Å². The van der Waals surface area contributed by atoms with Crippen molar-refractivity contribution in [3.63, 3.8) is 0 Å².